The smallest absolute Gasteiger partial charge is 0.423 e. The zero-order valence-corrected chi connectivity index (χ0v) is 10.1. The molecule has 1 fully saturated rings. The minimum Gasteiger partial charge on any atom is -0.423 e. The van der Waals surface area contributed by atoms with Crippen LogP contribution in [0, 0.1) is 5.92 Å². The normalized spacial score (nSPS) is 16.8. The number of anilines is 1. The van der Waals surface area contributed by atoms with E-state index >= 15 is 0 Å². The molecule has 1 aliphatic rings. The van der Waals surface area contributed by atoms with Crippen molar-refractivity contribution in [3.05, 3.63) is 24.3 Å². The van der Waals surface area contributed by atoms with Crippen molar-refractivity contribution in [1.29, 1.82) is 0 Å². The van der Waals surface area contributed by atoms with Gasteiger partial charge < -0.3 is 15.4 Å². The molecule has 0 atom stereocenters. The highest BCUT2D eigenvalue weighted by molar-refractivity contribution is 6.58. The lowest BCUT2D eigenvalue weighted by Gasteiger charge is -2.22. The molecule has 1 aliphatic carbocycles. The van der Waals surface area contributed by atoms with Gasteiger partial charge in [-0.05, 0) is 36.4 Å². The lowest BCUT2D eigenvalue weighted by Crippen LogP contribution is -2.29. The molecule has 0 heterocycles. The molecule has 0 aromatic heterocycles. The Balaban J connectivity index is 1.82. The molecule has 0 amide bonds. The van der Waals surface area contributed by atoms with E-state index in [-0.39, 0.29) is 0 Å². The van der Waals surface area contributed by atoms with Crippen molar-refractivity contribution < 1.29 is 10.0 Å². The highest BCUT2D eigenvalue weighted by Gasteiger charge is 2.13. The zero-order chi connectivity index (χ0) is 12.1. The number of hydrogen-bond acceptors (Lipinski definition) is 3. The summed E-state index contributed by atoms with van der Waals surface area (Å²) in [6.07, 6.45) is 6.78. The third kappa shape index (κ3) is 3.75. The molecule has 3 N–H and O–H groups in total. The number of nitrogens with one attached hydrogen (secondary N) is 1. The van der Waals surface area contributed by atoms with Crippen LogP contribution in [0.5, 0.6) is 0 Å². The zero-order valence-electron chi connectivity index (χ0n) is 10.1. The Kier molecular flexibility index (Phi) is 4.46. The van der Waals surface area contributed by atoms with Crippen molar-refractivity contribution in [2.24, 2.45) is 5.92 Å². The molecule has 92 valence electrons. The van der Waals surface area contributed by atoms with Crippen LogP contribution in [0.15, 0.2) is 24.3 Å². The van der Waals surface area contributed by atoms with Gasteiger partial charge in [-0.15, -0.1) is 0 Å². The first-order valence-corrected chi connectivity index (χ1v) is 6.45. The van der Waals surface area contributed by atoms with Gasteiger partial charge >= 0.3 is 7.12 Å². The average molecular weight is 233 g/mol. The summed E-state index contributed by atoms with van der Waals surface area (Å²) in [7, 11) is -1.37. The topological polar surface area (TPSA) is 52.5 Å². The van der Waals surface area contributed by atoms with E-state index in [0.29, 0.717) is 5.46 Å². The maximum atomic E-state index is 8.98. The summed E-state index contributed by atoms with van der Waals surface area (Å²) < 4.78 is 0. The average Bonchev–Trinajstić information content (AvgIpc) is 2.38. The summed E-state index contributed by atoms with van der Waals surface area (Å²) in [6, 6.07) is 7.29. The summed E-state index contributed by atoms with van der Waals surface area (Å²) in [6.45, 7) is 1.03. The van der Waals surface area contributed by atoms with Crippen molar-refractivity contribution in [2.75, 3.05) is 11.9 Å². The van der Waals surface area contributed by atoms with Gasteiger partial charge in [0.25, 0.3) is 0 Å². The maximum absolute atomic E-state index is 8.98. The van der Waals surface area contributed by atoms with Crippen molar-refractivity contribution in [1.82, 2.24) is 0 Å². The van der Waals surface area contributed by atoms with Crippen LogP contribution >= 0.6 is 0 Å². The summed E-state index contributed by atoms with van der Waals surface area (Å²) in [4.78, 5) is 0. The van der Waals surface area contributed by atoms with E-state index in [4.69, 9.17) is 10.0 Å². The van der Waals surface area contributed by atoms with Gasteiger partial charge in [-0.1, -0.05) is 31.4 Å². The van der Waals surface area contributed by atoms with Gasteiger partial charge in [0.2, 0.25) is 0 Å². The first-order chi connectivity index (χ1) is 8.25. The highest BCUT2D eigenvalue weighted by atomic mass is 16.4. The Morgan fingerprint density at radius 2 is 1.71 bits per heavy atom. The van der Waals surface area contributed by atoms with E-state index in [1.54, 1.807) is 12.1 Å². The first-order valence-electron chi connectivity index (χ1n) is 6.45. The van der Waals surface area contributed by atoms with Crippen LogP contribution in [-0.4, -0.2) is 23.7 Å². The fourth-order valence-corrected chi connectivity index (χ4v) is 2.43. The minimum absolute atomic E-state index is 0.535. The Morgan fingerprint density at radius 3 is 2.29 bits per heavy atom. The Morgan fingerprint density at radius 1 is 1.06 bits per heavy atom. The SMILES string of the molecule is OB(O)c1ccc(NCC2CCCCC2)cc1. The standard InChI is InChI=1S/C13H20BNO2/c16-14(17)12-6-8-13(9-7-12)15-10-11-4-2-1-3-5-11/h6-9,11,15-17H,1-5,10H2. The molecular formula is C13H20BNO2. The van der Waals surface area contributed by atoms with Gasteiger partial charge in [0, 0.05) is 12.2 Å². The Hall–Kier alpha value is -0.995. The quantitative estimate of drug-likeness (QED) is 0.688. The second-order valence-corrected chi connectivity index (χ2v) is 4.88. The monoisotopic (exact) mass is 233 g/mol. The van der Waals surface area contributed by atoms with E-state index < -0.39 is 7.12 Å². The van der Waals surface area contributed by atoms with E-state index in [9.17, 15) is 0 Å². The minimum atomic E-state index is -1.37. The molecule has 1 aromatic rings. The second-order valence-electron chi connectivity index (χ2n) is 4.88. The van der Waals surface area contributed by atoms with Gasteiger partial charge in [0.15, 0.2) is 0 Å². The number of benzene rings is 1. The van der Waals surface area contributed by atoms with Gasteiger partial charge in [-0.2, -0.15) is 0 Å². The third-order valence-electron chi connectivity index (χ3n) is 3.53. The van der Waals surface area contributed by atoms with Crippen LogP contribution in [0.3, 0.4) is 0 Å². The fourth-order valence-electron chi connectivity index (χ4n) is 2.43. The summed E-state index contributed by atoms with van der Waals surface area (Å²) in [5.41, 5.74) is 1.59. The first kappa shape index (κ1) is 12.5. The second kappa shape index (κ2) is 6.08. The molecule has 1 saturated carbocycles. The van der Waals surface area contributed by atoms with E-state index in [0.717, 1.165) is 18.2 Å². The number of rotatable bonds is 4. The lowest BCUT2D eigenvalue weighted by atomic mass is 9.80. The third-order valence-corrected chi connectivity index (χ3v) is 3.53. The predicted molar refractivity (Wildman–Crippen MR) is 71.3 cm³/mol. The Bertz CT molecular complexity index is 334. The van der Waals surface area contributed by atoms with Crippen LogP contribution in [0.2, 0.25) is 0 Å². The molecule has 17 heavy (non-hydrogen) atoms. The van der Waals surface area contributed by atoms with Crippen molar-refractivity contribution in [3.8, 4) is 0 Å². The van der Waals surface area contributed by atoms with Crippen molar-refractivity contribution in [2.45, 2.75) is 32.1 Å². The molecule has 0 radical (unpaired) electrons. The van der Waals surface area contributed by atoms with E-state index in [1.807, 2.05) is 12.1 Å². The van der Waals surface area contributed by atoms with Crippen molar-refractivity contribution in [3.63, 3.8) is 0 Å². The molecule has 3 nitrogen and oxygen atoms in total. The Labute approximate surface area is 103 Å². The molecule has 0 spiro atoms. The summed E-state index contributed by atoms with van der Waals surface area (Å²) in [5.74, 6) is 0.798. The van der Waals surface area contributed by atoms with Crippen LogP contribution in [0.4, 0.5) is 5.69 Å². The van der Waals surface area contributed by atoms with E-state index in [2.05, 4.69) is 5.32 Å². The summed E-state index contributed by atoms with van der Waals surface area (Å²) >= 11 is 0. The molecule has 1 aromatic carbocycles. The highest BCUT2D eigenvalue weighted by Crippen LogP contribution is 2.23. The largest absolute Gasteiger partial charge is 0.488 e. The molecule has 0 unspecified atom stereocenters. The maximum Gasteiger partial charge on any atom is 0.488 e. The van der Waals surface area contributed by atoms with Crippen LogP contribution in [0.1, 0.15) is 32.1 Å². The van der Waals surface area contributed by atoms with Crippen LogP contribution in [-0.2, 0) is 0 Å². The molecule has 0 saturated heterocycles. The molecule has 2 rings (SSSR count). The predicted octanol–water partition coefficient (Wildman–Crippen LogP) is 1.36. The van der Waals surface area contributed by atoms with Crippen LogP contribution < -0.4 is 10.8 Å². The summed E-state index contributed by atoms with van der Waals surface area (Å²) in [5, 5.41) is 21.4. The molecular weight excluding hydrogens is 213 g/mol. The molecule has 4 heteroatoms. The number of hydrogen-bond donors (Lipinski definition) is 3. The molecule has 0 aliphatic heterocycles. The van der Waals surface area contributed by atoms with Crippen molar-refractivity contribution >= 4 is 18.3 Å². The van der Waals surface area contributed by atoms with Crippen LogP contribution in [0.25, 0.3) is 0 Å². The van der Waals surface area contributed by atoms with E-state index in [1.165, 1.54) is 32.1 Å². The molecule has 0 bridgehead atoms. The van der Waals surface area contributed by atoms with Gasteiger partial charge in [-0.3, -0.25) is 0 Å². The fraction of sp³-hybridized carbons (Fsp3) is 0.538. The van der Waals surface area contributed by atoms with Gasteiger partial charge in [-0.25, -0.2) is 0 Å². The van der Waals surface area contributed by atoms with Gasteiger partial charge in [0.05, 0.1) is 0 Å². The lowest BCUT2D eigenvalue weighted by molar-refractivity contribution is 0.373. The van der Waals surface area contributed by atoms with Gasteiger partial charge in [0.1, 0.15) is 0 Å².